The first-order valence-corrected chi connectivity index (χ1v) is 18.5. The molecule has 3 heterocycles. The Bertz CT molecular complexity index is 1780. The van der Waals surface area contributed by atoms with Crippen molar-refractivity contribution in [2.45, 2.75) is 42.7 Å². The summed E-state index contributed by atoms with van der Waals surface area (Å²) in [5, 5.41) is 13.7. The molecule has 14 heteroatoms. The van der Waals surface area contributed by atoms with Gasteiger partial charge in [-0.3, -0.25) is 4.79 Å². The molecule has 12 nitrogen and oxygen atoms in total. The fourth-order valence-electron chi connectivity index (χ4n) is 7.88. The summed E-state index contributed by atoms with van der Waals surface area (Å²) in [5.74, 6) is 0.0221. The van der Waals surface area contributed by atoms with Crippen molar-refractivity contribution < 1.29 is 38.4 Å². The van der Waals surface area contributed by atoms with Gasteiger partial charge in [0, 0.05) is 43.7 Å². The summed E-state index contributed by atoms with van der Waals surface area (Å²) >= 11 is 12.9. The molecule has 0 aromatic heterocycles. The Morgan fingerprint density at radius 1 is 0.849 bits per heavy atom. The maximum absolute atomic E-state index is 14.0. The van der Waals surface area contributed by atoms with Gasteiger partial charge in [0.25, 0.3) is 5.91 Å². The SMILES string of the molecule is COc1cc(C(=O)N2CCC(CCN3CCC(NC(=O)N4CCO[C@H](C(=O)O)C4)(c4ccccc4)CC3)(c3ccc(Cl)c(Cl)c3)C2)cc(OC)c1OC. The zero-order valence-electron chi connectivity index (χ0n) is 30.2. The van der Waals surface area contributed by atoms with Crippen molar-refractivity contribution in [3.05, 3.63) is 87.4 Å². The van der Waals surface area contributed by atoms with E-state index in [1.807, 2.05) is 53.4 Å². The lowest BCUT2D eigenvalue weighted by molar-refractivity contribution is -0.154. The van der Waals surface area contributed by atoms with Gasteiger partial charge in [-0.1, -0.05) is 59.6 Å². The number of methoxy groups -OCH3 is 3. The molecule has 3 saturated heterocycles. The van der Waals surface area contributed by atoms with Gasteiger partial charge in [0.05, 0.1) is 50.1 Å². The molecule has 2 atom stereocenters. The molecular formula is C39H46Cl2N4O8. The third-order valence-electron chi connectivity index (χ3n) is 11.0. The number of carbonyl (C=O) groups excluding carboxylic acids is 2. The number of amides is 3. The predicted molar refractivity (Wildman–Crippen MR) is 201 cm³/mol. The second-order valence-electron chi connectivity index (χ2n) is 13.9. The minimum Gasteiger partial charge on any atom is -0.493 e. The van der Waals surface area contributed by atoms with E-state index < -0.39 is 17.6 Å². The molecule has 1 unspecified atom stereocenters. The van der Waals surface area contributed by atoms with Crippen molar-refractivity contribution in [3.8, 4) is 17.2 Å². The van der Waals surface area contributed by atoms with Gasteiger partial charge in [-0.05, 0) is 67.6 Å². The number of piperidine rings is 1. The van der Waals surface area contributed by atoms with E-state index in [9.17, 15) is 19.5 Å². The number of carboxylic acid groups (broad SMARTS) is 1. The second kappa shape index (κ2) is 16.4. The average molecular weight is 770 g/mol. The summed E-state index contributed by atoms with van der Waals surface area (Å²) in [4.78, 5) is 45.0. The summed E-state index contributed by atoms with van der Waals surface area (Å²) in [7, 11) is 4.57. The molecule has 3 aromatic carbocycles. The summed E-state index contributed by atoms with van der Waals surface area (Å²) < 4.78 is 21.9. The highest BCUT2D eigenvalue weighted by molar-refractivity contribution is 6.42. The number of likely N-dealkylation sites (tertiary alicyclic amines) is 2. The van der Waals surface area contributed by atoms with Crippen molar-refractivity contribution in [2.24, 2.45) is 0 Å². The maximum atomic E-state index is 14.0. The quantitative estimate of drug-likeness (QED) is 0.253. The van der Waals surface area contributed by atoms with Gasteiger partial charge in [-0.2, -0.15) is 0 Å². The second-order valence-corrected chi connectivity index (χ2v) is 14.7. The molecule has 6 rings (SSSR count). The number of carbonyl (C=O) groups is 3. The summed E-state index contributed by atoms with van der Waals surface area (Å²) in [5.41, 5.74) is 1.48. The number of carboxylic acids is 1. The first-order valence-electron chi connectivity index (χ1n) is 17.8. The van der Waals surface area contributed by atoms with Crippen LogP contribution in [-0.2, 0) is 20.5 Å². The van der Waals surface area contributed by atoms with E-state index in [2.05, 4.69) is 10.2 Å². The number of hydrogen-bond donors (Lipinski definition) is 2. The van der Waals surface area contributed by atoms with Gasteiger partial charge < -0.3 is 44.1 Å². The van der Waals surface area contributed by atoms with Crippen molar-refractivity contribution in [1.82, 2.24) is 20.0 Å². The van der Waals surface area contributed by atoms with Gasteiger partial charge in [0.15, 0.2) is 17.6 Å². The van der Waals surface area contributed by atoms with Crippen molar-refractivity contribution in [1.29, 1.82) is 0 Å². The van der Waals surface area contributed by atoms with Crippen LogP contribution in [0.4, 0.5) is 4.79 Å². The minimum atomic E-state index is -1.08. The number of halogens is 2. The molecule has 3 aliphatic heterocycles. The zero-order valence-corrected chi connectivity index (χ0v) is 31.8. The van der Waals surface area contributed by atoms with Crippen LogP contribution in [0.1, 0.15) is 47.2 Å². The van der Waals surface area contributed by atoms with E-state index in [4.69, 9.17) is 42.1 Å². The molecule has 3 aliphatic rings. The summed E-state index contributed by atoms with van der Waals surface area (Å²) in [6.45, 7) is 3.72. The third-order valence-corrected chi connectivity index (χ3v) is 11.7. The van der Waals surface area contributed by atoms with Crippen LogP contribution in [0.15, 0.2) is 60.7 Å². The Balaban J connectivity index is 1.19. The lowest BCUT2D eigenvalue weighted by Gasteiger charge is -2.45. The molecule has 53 heavy (non-hydrogen) atoms. The predicted octanol–water partition coefficient (Wildman–Crippen LogP) is 5.68. The Kier molecular flexibility index (Phi) is 11.9. The Hall–Kier alpha value is -4.23. The van der Waals surface area contributed by atoms with Gasteiger partial charge in [-0.25, -0.2) is 9.59 Å². The summed E-state index contributed by atoms with van der Waals surface area (Å²) in [6, 6.07) is 18.8. The fourth-order valence-corrected chi connectivity index (χ4v) is 8.18. The fraction of sp³-hybridized carbons (Fsp3) is 0.462. The number of ether oxygens (including phenoxy) is 4. The van der Waals surface area contributed by atoms with Gasteiger partial charge in [0.1, 0.15) is 0 Å². The zero-order chi connectivity index (χ0) is 37.8. The molecular weight excluding hydrogens is 723 g/mol. The summed E-state index contributed by atoms with van der Waals surface area (Å²) in [6.07, 6.45) is 1.78. The molecule has 3 amide bonds. The molecule has 0 radical (unpaired) electrons. The molecule has 2 N–H and O–H groups in total. The van der Waals surface area contributed by atoms with E-state index in [1.165, 1.54) is 26.2 Å². The molecule has 0 spiro atoms. The van der Waals surface area contributed by atoms with Crippen molar-refractivity contribution >= 4 is 41.1 Å². The van der Waals surface area contributed by atoms with Crippen LogP contribution in [0, 0.1) is 0 Å². The van der Waals surface area contributed by atoms with E-state index in [1.54, 1.807) is 12.1 Å². The molecule has 0 saturated carbocycles. The maximum Gasteiger partial charge on any atom is 0.334 e. The Morgan fingerprint density at radius 3 is 2.17 bits per heavy atom. The number of aliphatic carboxylic acids is 1. The lowest BCUT2D eigenvalue weighted by atomic mass is 9.76. The Morgan fingerprint density at radius 2 is 1.55 bits per heavy atom. The van der Waals surface area contributed by atoms with Crippen LogP contribution >= 0.6 is 23.2 Å². The molecule has 0 aliphatic carbocycles. The number of rotatable bonds is 11. The van der Waals surface area contributed by atoms with Crippen molar-refractivity contribution in [3.63, 3.8) is 0 Å². The first-order chi connectivity index (χ1) is 25.5. The number of benzene rings is 3. The van der Waals surface area contributed by atoms with Crippen LogP contribution in [0.25, 0.3) is 0 Å². The normalized spacial score (nSPS) is 21.6. The average Bonchev–Trinajstić information content (AvgIpc) is 3.63. The van der Waals surface area contributed by atoms with Crippen LogP contribution in [0.2, 0.25) is 10.0 Å². The topological polar surface area (TPSA) is 130 Å². The first kappa shape index (κ1) is 38.5. The highest BCUT2D eigenvalue weighted by Gasteiger charge is 2.44. The van der Waals surface area contributed by atoms with Crippen LogP contribution in [0.3, 0.4) is 0 Å². The largest absolute Gasteiger partial charge is 0.493 e. The number of hydrogen-bond acceptors (Lipinski definition) is 8. The minimum absolute atomic E-state index is 0.00592. The van der Waals surface area contributed by atoms with E-state index in [0.29, 0.717) is 65.3 Å². The van der Waals surface area contributed by atoms with E-state index in [-0.39, 0.29) is 30.5 Å². The standard InChI is InChI=1S/C39H46Cl2N4O8/c1-50-31-21-26(22-32(51-2)34(31)52-3)35(46)45-18-12-38(25-45,28-9-10-29(40)30(41)23-28)11-15-43-16-13-39(14-17-43,27-7-5-4-6-8-27)42-37(49)44-19-20-53-33(24-44)36(47)48/h4-10,21-23,33H,11-20,24-25H2,1-3H3,(H,42,49)(H,47,48)/t33-,38?/m0/s1. The molecule has 3 fully saturated rings. The van der Waals surface area contributed by atoms with E-state index >= 15 is 0 Å². The van der Waals surface area contributed by atoms with Crippen molar-refractivity contribution in [2.75, 3.05) is 73.7 Å². The highest BCUT2D eigenvalue weighted by Crippen LogP contribution is 2.43. The number of morpholine rings is 1. The lowest BCUT2D eigenvalue weighted by Crippen LogP contribution is -2.59. The van der Waals surface area contributed by atoms with Gasteiger partial charge >= 0.3 is 12.0 Å². The highest BCUT2D eigenvalue weighted by atomic mass is 35.5. The molecule has 284 valence electrons. The van der Waals surface area contributed by atoms with Crippen LogP contribution in [0.5, 0.6) is 17.2 Å². The van der Waals surface area contributed by atoms with Gasteiger partial charge in [0.2, 0.25) is 5.75 Å². The van der Waals surface area contributed by atoms with Crippen LogP contribution in [-0.4, -0.2) is 118 Å². The van der Waals surface area contributed by atoms with Gasteiger partial charge in [-0.15, -0.1) is 0 Å². The Labute approximate surface area is 319 Å². The molecule has 0 bridgehead atoms. The monoisotopic (exact) mass is 768 g/mol. The number of nitrogens with one attached hydrogen (secondary N) is 1. The molecule has 3 aromatic rings. The smallest absolute Gasteiger partial charge is 0.334 e. The van der Waals surface area contributed by atoms with E-state index in [0.717, 1.165) is 43.6 Å². The number of urea groups is 1. The van der Waals surface area contributed by atoms with Crippen LogP contribution < -0.4 is 19.5 Å². The number of nitrogens with zero attached hydrogens (tertiary/aromatic N) is 3. The third kappa shape index (κ3) is 8.16.